The summed E-state index contributed by atoms with van der Waals surface area (Å²) in [6.07, 6.45) is -17.1. The number of rotatable bonds is 13. The van der Waals surface area contributed by atoms with E-state index < -0.39 is 123 Å². The lowest BCUT2D eigenvalue weighted by molar-refractivity contribution is -0.364. The quantitative estimate of drug-likeness (QED) is 0.0843. The van der Waals surface area contributed by atoms with E-state index in [-0.39, 0.29) is 71.4 Å². The van der Waals surface area contributed by atoms with E-state index in [0.29, 0.717) is 38.5 Å². The standard InChI is InChI=1S/C45H74O20/c1-18(17-59-40-36(55)33(52)31(50)26(14-46)61-40)7-10-45(58)19(2)30-25(65-45)12-24-22-6-5-20-11-21(8-9-43(20,3)23(22)13-29(49)44(24,30)4)60-41-38(57)35(54)39(28(16-48)63-41)64-42-37(56)34(53)32(51)27(15-47)62-42/h18-28,30-42,46-48,50-58H,5-17H2,1-4H3/t18-,19+,20+,21+,22-,23+,24+,25+,26-,27-,28-,30+,31-,32-,33+,34+,35-,36-,37-,38-,39+,40-,41-,42+,43+,44-,45-/m1/s1. The van der Waals surface area contributed by atoms with Crippen molar-refractivity contribution in [2.45, 2.75) is 196 Å². The lowest BCUT2D eigenvalue weighted by atomic mass is 9.44. The van der Waals surface area contributed by atoms with Gasteiger partial charge in [0.1, 0.15) is 79.0 Å². The molecule has 65 heavy (non-hydrogen) atoms. The Labute approximate surface area is 378 Å². The molecule has 27 atom stereocenters. The van der Waals surface area contributed by atoms with Gasteiger partial charge in [0.15, 0.2) is 24.7 Å². The summed E-state index contributed by atoms with van der Waals surface area (Å²) in [5.41, 5.74) is -0.831. The highest BCUT2D eigenvalue weighted by molar-refractivity contribution is 5.87. The first-order valence-corrected chi connectivity index (χ1v) is 23.8. The number of aliphatic hydroxyl groups excluding tert-OH is 11. The first-order chi connectivity index (χ1) is 30.7. The summed E-state index contributed by atoms with van der Waals surface area (Å²) in [5.74, 6) is -1.13. The van der Waals surface area contributed by atoms with Crippen LogP contribution >= 0.6 is 0 Å². The van der Waals surface area contributed by atoms with Crippen LogP contribution in [0.1, 0.15) is 85.5 Å². The normalized spacial score (nSPS) is 55.0. The molecule has 4 saturated carbocycles. The van der Waals surface area contributed by atoms with Crippen molar-refractivity contribution in [3.05, 3.63) is 0 Å². The molecular formula is C45H74O20. The van der Waals surface area contributed by atoms with Gasteiger partial charge in [-0.3, -0.25) is 4.79 Å². The Hall–Kier alpha value is -1.09. The maximum absolute atomic E-state index is 14.7. The summed E-state index contributed by atoms with van der Waals surface area (Å²) in [6, 6.07) is 0. The van der Waals surface area contributed by atoms with Crippen LogP contribution in [-0.4, -0.2) is 204 Å². The number of carbonyl (C=O) groups is 1. The predicted octanol–water partition coefficient (Wildman–Crippen LogP) is -2.60. The van der Waals surface area contributed by atoms with Crippen LogP contribution in [0.3, 0.4) is 0 Å². The van der Waals surface area contributed by atoms with Crippen LogP contribution in [0, 0.1) is 52.3 Å². The van der Waals surface area contributed by atoms with Gasteiger partial charge in [0.25, 0.3) is 0 Å². The molecule has 0 amide bonds. The van der Waals surface area contributed by atoms with Crippen LogP contribution in [0.5, 0.6) is 0 Å². The van der Waals surface area contributed by atoms with Gasteiger partial charge in [-0.2, -0.15) is 0 Å². The summed E-state index contributed by atoms with van der Waals surface area (Å²) in [6.45, 7) is 6.47. The van der Waals surface area contributed by atoms with Crippen molar-refractivity contribution >= 4 is 5.78 Å². The van der Waals surface area contributed by atoms with Crippen LogP contribution < -0.4 is 0 Å². The van der Waals surface area contributed by atoms with E-state index in [4.69, 9.17) is 33.2 Å². The summed E-state index contributed by atoms with van der Waals surface area (Å²) in [5, 5.41) is 125. The predicted molar refractivity (Wildman–Crippen MR) is 219 cm³/mol. The van der Waals surface area contributed by atoms with Gasteiger partial charge < -0.3 is 94.4 Å². The Morgan fingerprint density at radius 3 is 1.94 bits per heavy atom. The largest absolute Gasteiger partial charge is 0.394 e. The number of hydrogen-bond acceptors (Lipinski definition) is 20. The van der Waals surface area contributed by atoms with E-state index in [9.17, 15) is 66.1 Å². The van der Waals surface area contributed by atoms with Crippen molar-refractivity contribution in [2.24, 2.45) is 52.3 Å². The molecule has 20 nitrogen and oxygen atoms in total. The van der Waals surface area contributed by atoms with Crippen LogP contribution in [0.15, 0.2) is 0 Å². The average molecular weight is 935 g/mol. The molecule has 20 heteroatoms. The molecule has 0 spiro atoms. The van der Waals surface area contributed by atoms with Gasteiger partial charge >= 0.3 is 0 Å². The molecule has 12 N–H and O–H groups in total. The van der Waals surface area contributed by atoms with Gasteiger partial charge in [-0.25, -0.2) is 0 Å². The molecule has 374 valence electrons. The van der Waals surface area contributed by atoms with E-state index in [0.717, 1.165) is 19.3 Å². The maximum Gasteiger partial charge on any atom is 0.187 e. The number of carbonyl (C=O) groups excluding carboxylic acids is 1. The van der Waals surface area contributed by atoms with E-state index in [1.54, 1.807) is 0 Å². The van der Waals surface area contributed by atoms with Crippen LogP contribution in [-0.2, 0) is 38.0 Å². The molecule has 4 aliphatic carbocycles. The summed E-state index contributed by atoms with van der Waals surface area (Å²) in [7, 11) is 0. The Bertz CT molecular complexity index is 1640. The second-order valence-corrected chi connectivity index (χ2v) is 21.3. The fraction of sp³-hybridized carbons (Fsp3) is 0.978. The second-order valence-electron chi connectivity index (χ2n) is 21.3. The molecule has 8 rings (SSSR count). The van der Waals surface area contributed by atoms with Crippen molar-refractivity contribution in [3.8, 4) is 0 Å². The van der Waals surface area contributed by atoms with Crippen molar-refractivity contribution < 1.29 is 99.2 Å². The number of fused-ring (bicyclic) bond motifs is 7. The molecule has 0 aromatic carbocycles. The average Bonchev–Trinajstić information content (AvgIpc) is 3.73. The third kappa shape index (κ3) is 8.69. The lowest BCUT2D eigenvalue weighted by Gasteiger charge is -2.60. The minimum absolute atomic E-state index is 0.0918. The highest BCUT2D eigenvalue weighted by Crippen LogP contribution is 2.70. The first kappa shape index (κ1) is 50.3. The lowest BCUT2D eigenvalue weighted by Crippen LogP contribution is -2.65. The Morgan fingerprint density at radius 2 is 1.29 bits per heavy atom. The van der Waals surface area contributed by atoms with E-state index in [1.807, 2.05) is 13.8 Å². The molecule has 4 aliphatic heterocycles. The molecule has 8 fully saturated rings. The zero-order chi connectivity index (χ0) is 47.1. The van der Waals surface area contributed by atoms with Gasteiger partial charge in [0.2, 0.25) is 0 Å². The molecule has 0 aromatic rings. The number of aliphatic hydroxyl groups is 12. The summed E-state index contributed by atoms with van der Waals surface area (Å²) < 4.78 is 41.2. The molecule has 0 radical (unpaired) electrons. The minimum atomic E-state index is -1.77. The van der Waals surface area contributed by atoms with Crippen molar-refractivity contribution in [3.63, 3.8) is 0 Å². The van der Waals surface area contributed by atoms with Gasteiger partial charge in [-0.1, -0.05) is 27.7 Å². The second kappa shape index (κ2) is 19.3. The number of Topliss-reactive ketones (excluding diaryl/α,β-unsaturated/α-hetero) is 1. The van der Waals surface area contributed by atoms with Crippen LogP contribution in [0.2, 0.25) is 0 Å². The van der Waals surface area contributed by atoms with Gasteiger partial charge in [-0.05, 0) is 80.0 Å². The SMILES string of the molecule is C[C@H](CC[C@@]1(O)O[C@H]2C[C@H]3[C@@H]4CC[C@H]5C[C@@H](O[C@@H]6O[C@H](CO)[C@H](O[C@@H]7O[C@H](CO)[C@@H](O)[C@H](O)[C@H]7O)[C@H](O)[C@H]6O)CC[C@]5(C)[C@H]4CC(=O)[C@]3(C)[C@H]2[C@@H]1C)CO[C@@H]1O[C@H](CO)[C@@H](O)[C@H](O)[C@H]1O. The molecule has 0 unspecified atom stereocenters. The third-order valence-electron chi connectivity index (χ3n) is 17.9. The zero-order valence-electron chi connectivity index (χ0n) is 37.7. The van der Waals surface area contributed by atoms with Gasteiger partial charge in [-0.15, -0.1) is 0 Å². The monoisotopic (exact) mass is 934 g/mol. The minimum Gasteiger partial charge on any atom is -0.394 e. The summed E-state index contributed by atoms with van der Waals surface area (Å²) in [4.78, 5) is 14.7. The number of hydrogen-bond donors (Lipinski definition) is 12. The molecule has 4 heterocycles. The van der Waals surface area contributed by atoms with Crippen molar-refractivity contribution in [2.75, 3.05) is 26.4 Å². The van der Waals surface area contributed by atoms with E-state index >= 15 is 0 Å². The molecule has 0 aromatic heterocycles. The van der Waals surface area contributed by atoms with E-state index in [1.165, 1.54) is 0 Å². The zero-order valence-corrected chi connectivity index (χ0v) is 37.7. The van der Waals surface area contributed by atoms with Crippen LogP contribution in [0.25, 0.3) is 0 Å². The Kier molecular flexibility index (Phi) is 14.9. The summed E-state index contributed by atoms with van der Waals surface area (Å²) >= 11 is 0. The topological polar surface area (TPSA) is 324 Å². The number of ketones is 1. The Morgan fingerprint density at radius 1 is 0.708 bits per heavy atom. The molecular weight excluding hydrogens is 860 g/mol. The van der Waals surface area contributed by atoms with E-state index in [2.05, 4.69) is 13.8 Å². The maximum atomic E-state index is 14.7. The fourth-order valence-corrected chi connectivity index (χ4v) is 13.9. The van der Waals surface area contributed by atoms with Crippen LogP contribution in [0.4, 0.5) is 0 Å². The first-order valence-electron chi connectivity index (χ1n) is 23.8. The molecule has 8 aliphatic rings. The highest BCUT2D eigenvalue weighted by atomic mass is 16.7. The third-order valence-corrected chi connectivity index (χ3v) is 17.9. The van der Waals surface area contributed by atoms with Gasteiger partial charge in [0.05, 0.1) is 38.6 Å². The molecule has 0 bridgehead atoms. The number of ether oxygens (including phenoxy) is 7. The van der Waals surface area contributed by atoms with Crippen molar-refractivity contribution in [1.29, 1.82) is 0 Å². The highest BCUT2D eigenvalue weighted by Gasteiger charge is 2.71. The Balaban J connectivity index is 0.853. The molecule has 4 saturated heterocycles. The fourth-order valence-electron chi connectivity index (χ4n) is 13.9. The van der Waals surface area contributed by atoms with Gasteiger partial charge in [0, 0.05) is 30.1 Å². The van der Waals surface area contributed by atoms with Crippen molar-refractivity contribution in [1.82, 2.24) is 0 Å². The smallest absolute Gasteiger partial charge is 0.187 e.